The molecule has 1 heterocycles. The first-order valence-corrected chi connectivity index (χ1v) is 8.70. The number of hydrogen-bond acceptors (Lipinski definition) is 2. The van der Waals surface area contributed by atoms with Crippen LogP contribution in [0.25, 0.3) is 0 Å². The topological polar surface area (TPSA) is 37.4 Å². The van der Waals surface area contributed by atoms with Crippen LogP contribution in [0.3, 0.4) is 0 Å². The van der Waals surface area contributed by atoms with E-state index in [1.807, 2.05) is 6.08 Å². The van der Waals surface area contributed by atoms with E-state index in [1.54, 1.807) is 6.08 Å². The van der Waals surface area contributed by atoms with E-state index in [0.717, 1.165) is 19.3 Å². The molecule has 0 radical (unpaired) electrons. The monoisotopic (exact) mass is 321 g/mol. The Morgan fingerprint density at radius 3 is 2.88 bits per heavy atom. The summed E-state index contributed by atoms with van der Waals surface area (Å²) in [4.78, 5) is 26.0. The molecular weight excluding hydrogens is 298 g/mol. The lowest BCUT2D eigenvalue weighted by molar-refractivity contribution is -0.137. The molecule has 2 amide bonds. The molecular formula is C21H23NO2. The fourth-order valence-corrected chi connectivity index (χ4v) is 3.52. The number of unbranched alkanes of at least 4 members (excludes halogenated alkanes) is 1. The van der Waals surface area contributed by atoms with Crippen LogP contribution in [0, 0.1) is 17.8 Å². The number of carbonyl (C=O) groups is 2. The van der Waals surface area contributed by atoms with E-state index >= 15 is 0 Å². The molecule has 24 heavy (non-hydrogen) atoms. The molecule has 0 aromatic carbocycles. The lowest BCUT2D eigenvalue weighted by Crippen LogP contribution is -2.32. The van der Waals surface area contributed by atoms with Gasteiger partial charge in [0.2, 0.25) is 0 Å². The fourth-order valence-electron chi connectivity index (χ4n) is 3.52. The van der Waals surface area contributed by atoms with Gasteiger partial charge in [-0.15, -0.1) is 0 Å². The van der Waals surface area contributed by atoms with E-state index in [1.165, 1.54) is 16.0 Å². The van der Waals surface area contributed by atoms with Gasteiger partial charge in [0.15, 0.2) is 0 Å². The van der Waals surface area contributed by atoms with Crippen LogP contribution in [0.5, 0.6) is 0 Å². The van der Waals surface area contributed by atoms with Crippen LogP contribution in [0.15, 0.2) is 46.6 Å². The van der Waals surface area contributed by atoms with Crippen molar-refractivity contribution >= 4 is 11.8 Å². The second kappa shape index (κ2) is 7.05. The molecule has 1 aliphatic heterocycles. The Bertz CT molecular complexity index is 752. The van der Waals surface area contributed by atoms with Crippen molar-refractivity contribution in [2.45, 2.75) is 46.0 Å². The third-order valence-corrected chi connectivity index (χ3v) is 4.57. The maximum absolute atomic E-state index is 12.3. The third kappa shape index (κ3) is 3.43. The Morgan fingerprint density at radius 1 is 1.29 bits per heavy atom. The molecule has 1 unspecified atom stereocenters. The molecule has 3 rings (SSSR count). The highest BCUT2D eigenvalue weighted by atomic mass is 16.2. The fraction of sp³-hybridized carbons (Fsp3) is 0.429. The molecule has 2 aliphatic carbocycles. The summed E-state index contributed by atoms with van der Waals surface area (Å²) in [5.74, 6) is 6.74. The normalized spacial score (nSPS) is 22.9. The quantitative estimate of drug-likeness (QED) is 0.451. The van der Waals surface area contributed by atoms with E-state index in [4.69, 9.17) is 0 Å². The van der Waals surface area contributed by atoms with Gasteiger partial charge in [0.05, 0.1) is 0 Å². The van der Waals surface area contributed by atoms with Crippen LogP contribution in [-0.2, 0) is 9.59 Å². The zero-order valence-electron chi connectivity index (χ0n) is 14.4. The van der Waals surface area contributed by atoms with Crippen molar-refractivity contribution in [2.75, 3.05) is 6.54 Å². The minimum Gasteiger partial charge on any atom is -0.275 e. The minimum absolute atomic E-state index is 0.100. The van der Waals surface area contributed by atoms with Gasteiger partial charge in [0, 0.05) is 29.7 Å². The standard InChI is InChI=1S/C21H23NO2/c1-15-12-16(2)14-17(13-15)8-4-3-7-11-22-20(23)18-9-5-6-10-19(18)21(22)24/h5,9,12-13,16H,3,6-7,10-11,14H2,1-2H3. The molecule has 0 fully saturated rings. The van der Waals surface area contributed by atoms with Crippen LogP contribution in [-0.4, -0.2) is 23.3 Å². The van der Waals surface area contributed by atoms with Gasteiger partial charge in [0.1, 0.15) is 0 Å². The third-order valence-electron chi connectivity index (χ3n) is 4.57. The largest absolute Gasteiger partial charge is 0.275 e. The Morgan fingerprint density at radius 2 is 2.12 bits per heavy atom. The van der Waals surface area contributed by atoms with Gasteiger partial charge in [0.25, 0.3) is 11.8 Å². The van der Waals surface area contributed by atoms with Gasteiger partial charge in [-0.25, -0.2) is 0 Å². The number of nitrogens with zero attached hydrogens (tertiary/aromatic N) is 1. The average molecular weight is 321 g/mol. The maximum Gasteiger partial charge on any atom is 0.261 e. The SMILES string of the molecule is CC1=CC(C)CC(C#CCCCN2C(=O)C3=C(CCC=C3)C2=O)=C1. The highest BCUT2D eigenvalue weighted by molar-refractivity contribution is 6.20. The first-order chi connectivity index (χ1) is 11.6. The molecule has 0 saturated heterocycles. The predicted molar refractivity (Wildman–Crippen MR) is 94.8 cm³/mol. The van der Waals surface area contributed by atoms with Crippen molar-refractivity contribution in [3.05, 3.63) is 46.6 Å². The van der Waals surface area contributed by atoms with Gasteiger partial charge in [-0.05, 0) is 44.6 Å². The van der Waals surface area contributed by atoms with E-state index in [-0.39, 0.29) is 11.8 Å². The lowest BCUT2D eigenvalue weighted by Gasteiger charge is -2.14. The first kappa shape index (κ1) is 16.5. The molecule has 1 atom stereocenters. The summed E-state index contributed by atoms with van der Waals surface area (Å²) >= 11 is 0. The van der Waals surface area contributed by atoms with E-state index in [9.17, 15) is 9.59 Å². The van der Waals surface area contributed by atoms with Crippen LogP contribution >= 0.6 is 0 Å². The summed E-state index contributed by atoms with van der Waals surface area (Å²) in [6.45, 7) is 4.76. The zero-order valence-corrected chi connectivity index (χ0v) is 14.4. The molecule has 124 valence electrons. The molecule has 0 bridgehead atoms. The molecule has 0 N–H and O–H groups in total. The van der Waals surface area contributed by atoms with Gasteiger partial charge in [-0.3, -0.25) is 14.5 Å². The molecule has 0 aromatic heterocycles. The van der Waals surface area contributed by atoms with Crippen LogP contribution in [0.1, 0.15) is 46.0 Å². The summed E-state index contributed by atoms with van der Waals surface area (Å²) < 4.78 is 0. The molecule has 0 saturated carbocycles. The molecule has 3 heteroatoms. The van der Waals surface area contributed by atoms with Crippen molar-refractivity contribution in [2.24, 2.45) is 5.92 Å². The maximum atomic E-state index is 12.3. The number of hydrogen-bond donors (Lipinski definition) is 0. The average Bonchev–Trinajstić information content (AvgIpc) is 2.79. The van der Waals surface area contributed by atoms with Crippen molar-refractivity contribution in [1.29, 1.82) is 0 Å². The van der Waals surface area contributed by atoms with Crippen LogP contribution in [0.4, 0.5) is 0 Å². The van der Waals surface area contributed by atoms with Crippen molar-refractivity contribution in [1.82, 2.24) is 4.90 Å². The second-order valence-corrected chi connectivity index (χ2v) is 6.76. The number of rotatable bonds is 3. The highest BCUT2D eigenvalue weighted by Gasteiger charge is 2.36. The minimum atomic E-state index is -0.136. The van der Waals surface area contributed by atoms with Crippen molar-refractivity contribution in [3.8, 4) is 11.8 Å². The Balaban J connectivity index is 1.51. The Labute approximate surface area is 143 Å². The van der Waals surface area contributed by atoms with Crippen molar-refractivity contribution < 1.29 is 9.59 Å². The van der Waals surface area contributed by atoms with Gasteiger partial charge >= 0.3 is 0 Å². The van der Waals surface area contributed by atoms with E-state index < -0.39 is 0 Å². The van der Waals surface area contributed by atoms with Gasteiger partial charge < -0.3 is 0 Å². The number of amides is 2. The van der Waals surface area contributed by atoms with Gasteiger partial charge in [-0.1, -0.05) is 42.6 Å². The smallest absolute Gasteiger partial charge is 0.261 e. The Hall–Kier alpha value is -2.34. The molecule has 0 spiro atoms. The number of imide groups is 1. The van der Waals surface area contributed by atoms with Crippen molar-refractivity contribution in [3.63, 3.8) is 0 Å². The van der Waals surface area contributed by atoms with Gasteiger partial charge in [-0.2, -0.15) is 0 Å². The number of allylic oxidation sites excluding steroid dienone is 5. The number of carbonyl (C=O) groups excluding carboxylic acids is 2. The molecule has 3 nitrogen and oxygen atoms in total. The molecule has 0 aromatic rings. The molecule has 3 aliphatic rings. The summed E-state index contributed by atoms with van der Waals surface area (Å²) in [6.07, 6.45) is 12.1. The van der Waals surface area contributed by atoms with Crippen LogP contribution < -0.4 is 0 Å². The lowest BCUT2D eigenvalue weighted by atomic mass is 9.92. The van der Waals surface area contributed by atoms with E-state index in [2.05, 4.69) is 37.8 Å². The Kier molecular flexibility index (Phi) is 4.85. The summed E-state index contributed by atoms with van der Waals surface area (Å²) in [6, 6.07) is 0. The van der Waals surface area contributed by atoms with E-state index in [0.29, 0.717) is 36.5 Å². The first-order valence-electron chi connectivity index (χ1n) is 8.70. The summed E-state index contributed by atoms with van der Waals surface area (Å²) in [7, 11) is 0. The van der Waals surface area contributed by atoms with Crippen LogP contribution in [0.2, 0.25) is 0 Å². The summed E-state index contributed by atoms with van der Waals surface area (Å²) in [5.41, 5.74) is 3.74. The zero-order chi connectivity index (χ0) is 17.1. The second-order valence-electron chi connectivity index (χ2n) is 6.76. The predicted octanol–water partition coefficient (Wildman–Crippen LogP) is 3.70. The highest BCUT2D eigenvalue weighted by Crippen LogP contribution is 2.29. The summed E-state index contributed by atoms with van der Waals surface area (Å²) in [5, 5.41) is 0.